The van der Waals surface area contributed by atoms with Gasteiger partial charge in [-0.05, 0) is 48.4 Å². The SMILES string of the molecule is Cc1ccc(NC(=O)c2cc(C(F)(F)F)ccn2)cc1C1=Cc2cnc(Nc3ccn[nH]3)nc2N2CCN=C12. The van der Waals surface area contributed by atoms with Gasteiger partial charge in [0, 0.05) is 41.8 Å². The summed E-state index contributed by atoms with van der Waals surface area (Å²) in [7, 11) is 0. The maximum Gasteiger partial charge on any atom is 0.416 e. The van der Waals surface area contributed by atoms with Gasteiger partial charge in [0.2, 0.25) is 5.95 Å². The number of nitrogens with zero attached hydrogens (tertiary/aromatic N) is 6. The molecule has 3 aromatic heterocycles. The topological polar surface area (TPSA) is 124 Å². The zero-order chi connectivity index (χ0) is 27.1. The van der Waals surface area contributed by atoms with Crippen molar-refractivity contribution in [1.29, 1.82) is 0 Å². The maximum atomic E-state index is 13.1. The van der Waals surface area contributed by atoms with E-state index < -0.39 is 17.6 Å². The minimum absolute atomic E-state index is 0.333. The predicted molar refractivity (Wildman–Crippen MR) is 140 cm³/mol. The smallest absolute Gasteiger partial charge is 0.321 e. The van der Waals surface area contributed by atoms with Crippen molar-refractivity contribution in [2.75, 3.05) is 28.6 Å². The van der Waals surface area contributed by atoms with E-state index in [9.17, 15) is 18.0 Å². The van der Waals surface area contributed by atoms with Crippen molar-refractivity contribution in [1.82, 2.24) is 25.1 Å². The van der Waals surface area contributed by atoms with E-state index in [0.717, 1.165) is 46.4 Å². The van der Waals surface area contributed by atoms with E-state index in [1.165, 1.54) is 0 Å². The highest BCUT2D eigenvalue weighted by molar-refractivity contribution is 6.36. The normalized spacial score (nSPS) is 14.3. The molecule has 0 aliphatic carbocycles. The molecule has 1 amide bonds. The Bertz CT molecular complexity index is 1640. The number of anilines is 4. The summed E-state index contributed by atoms with van der Waals surface area (Å²) in [5.74, 6) is 1.77. The molecular formula is C26H20F3N9O. The number of hydrogen-bond donors (Lipinski definition) is 3. The third kappa shape index (κ3) is 4.69. The standard InChI is InChI=1S/C26H20F3N9O/c1-14-2-3-17(34-24(39)20-11-16(4-6-30-20)26(27,28)29)12-18(14)19-10-15-13-32-25(35-21-5-7-33-37-21)36-22(15)38-9-8-31-23(19)38/h2-7,10-13H,8-9H2,1H3,(H,34,39)(H2,32,33,35,36,37). The number of carbonyl (C=O) groups is 1. The zero-order valence-corrected chi connectivity index (χ0v) is 20.4. The molecule has 0 unspecified atom stereocenters. The van der Waals surface area contributed by atoms with Crippen LogP contribution in [0.25, 0.3) is 11.6 Å². The number of nitrogens with one attached hydrogen (secondary N) is 3. The third-order valence-electron chi connectivity index (χ3n) is 6.29. The Kier molecular flexibility index (Phi) is 5.82. The molecule has 6 rings (SSSR count). The number of amidine groups is 1. The van der Waals surface area contributed by atoms with Crippen LogP contribution in [0.1, 0.15) is 32.7 Å². The number of aromatic amines is 1. The van der Waals surface area contributed by atoms with Crippen LogP contribution in [0.2, 0.25) is 0 Å². The van der Waals surface area contributed by atoms with Gasteiger partial charge in [-0.2, -0.15) is 23.3 Å². The molecule has 0 radical (unpaired) electrons. The number of H-pyrrole nitrogens is 1. The van der Waals surface area contributed by atoms with Crippen molar-refractivity contribution in [3.05, 3.63) is 82.9 Å². The molecule has 1 aromatic carbocycles. The van der Waals surface area contributed by atoms with Crippen LogP contribution in [0.4, 0.5) is 36.4 Å². The van der Waals surface area contributed by atoms with Crippen LogP contribution in [-0.2, 0) is 6.18 Å². The Morgan fingerprint density at radius 3 is 2.77 bits per heavy atom. The fourth-order valence-electron chi connectivity index (χ4n) is 4.42. The first-order chi connectivity index (χ1) is 18.8. The number of carbonyl (C=O) groups excluding carboxylic acids is 1. The molecular weight excluding hydrogens is 511 g/mol. The van der Waals surface area contributed by atoms with Crippen LogP contribution in [0.15, 0.2) is 60.0 Å². The number of aliphatic imine (C=N–C) groups is 1. The number of fused-ring (bicyclic) bond motifs is 3. The lowest BCUT2D eigenvalue weighted by molar-refractivity contribution is -0.137. The van der Waals surface area contributed by atoms with Gasteiger partial charge in [0.25, 0.3) is 5.91 Å². The summed E-state index contributed by atoms with van der Waals surface area (Å²) in [5, 5.41) is 12.5. The fourth-order valence-corrected chi connectivity index (χ4v) is 4.42. The average Bonchev–Trinajstić information content (AvgIpc) is 3.62. The third-order valence-corrected chi connectivity index (χ3v) is 6.29. The molecule has 10 nitrogen and oxygen atoms in total. The molecule has 0 bridgehead atoms. The maximum absolute atomic E-state index is 13.1. The summed E-state index contributed by atoms with van der Waals surface area (Å²) < 4.78 is 39.3. The second-order valence-electron chi connectivity index (χ2n) is 8.89. The minimum atomic E-state index is -4.58. The summed E-state index contributed by atoms with van der Waals surface area (Å²) in [6.07, 6.45) is 1.67. The first-order valence-electron chi connectivity index (χ1n) is 11.9. The van der Waals surface area contributed by atoms with Crippen molar-refractivity contribution < 1.29 is 18.0 Å². The van der Waals surface area contributed by atoms with E-state index in [1.54, 1.807) is 30.6 Å². The van der Waals surface area contributed by atoms with Gasteiger partial charge in [0.1, 0.15) is 23.2 Å². The van der Waals surface area contributed by atoms with Crippen LogP contribution in [0.3, 0.4) is 0 Å². The van der Waals surface area contributed by atoms with Crippen LogP contribution in [0, 0.1) is 6.92 Å². The first-order valence-corrected chi connectivity index (χ1v) is 11.9. The molecule has 0 saturated heterocycles. The Labute approximate surface area is 219 Å². The number of aromatic nitrogens is 5. The van der Waals surface area contributed by atoms with Gasteiger partial charge in [-0.3, -0.25) is 19.9 Å². The lowest BCUT2D eigenvalue weighted by atomic mass is 9.94. The Hall–Kier alpha value is -5.07. The van der Waals surface area contributed by atoms with E-state index in [4.69, 9.17) is 4.99 Å². The van der Waals surface area contributed by atoms with Crippen LogP contribution in [-0.4, -0.2) is 50.0 Å². The lowest BCUT2D eigenvalue weighted by Crippen LogP contribution is -2.32. The summed E-state index contributed by atoms with van der Waals surface area (Å²) in [4.78, 5) is 32.4. The van der Waals surface area contributed by atoms with Crippen molar-refractivity contribution in [3.63, 3.8) is 0 Å². The van der Waals surface area contributed by atoms with Crippen LogP contribution >= 0.6 is 0 Å². The molecule has 0 spiro atoms. The molecule has 196 valence electrons. The van der Waals surface area contributed by atoms with Crippen molar-refractivity contribution in [2.45, 2.75) is 13.1 Å². The first kappa shape index (κ1) is 24.3. The number of amides is 1. The summed E-state index contributed by atoms with van der Waals surface area (Å²) in [6, 6.07) is 8.60. The van der Waals surface area contributed by atoms with Crippen LogP contribution < -0.4 is 15.5 Å². The summed E-state index contributed by atoms with van der Waals surface area (Å²) in [5.41, 5.74) is 2.48. The molecule has 0 saturated carbocycles. The molecule has 39 heavy (non-hydrogen) atoms. The van der Waals surface area contributed by atoms with Gasteiger partial charge in [-0.15, -0.1) is 0 Å². The van der Waals surface area contributed by atoms with Gasteiger partial charge >= 0.3 is 6.18 Å². The molecule has 3 N–H and O–H groups in total. The highest BCUT2D eigenvalue weighted by Crippen LogP contribution is 2.37. The molecule has 13 heteroatoms. The largest absolute Gasteiger partial charge is 0.416 e. The summed E-state index contributed by atoms with van der Waals surface area (Å²) >= 11 is 0. The Morgan fingerprint density at radius 1 is 1.10 bits per heavy atom. The fraction of sp³-hybridized carbons (Fsp3) is 0.154. The number of halogens is 3. The van der Waals surface area contributed by atoms with Gasteiger partial charge in [0.05, 0.1) is 18.3 Å². The van der Waals surface area contributed by atoms with E-state index in [0.29, 0.717) is 36.4 Å². The second kappa shape index (κ2) is 9.35. The number of hydrogen-bond acceptors (Lipinski definition) is 8. The van der Waals surface area contributed by atoms with E-state index >= 15 is 0 Å². The monoisotopic (exact) mass is 531 g/mol. The molecule has 5 heterocycles. The van der Waals surface area contributed by atoms with E-state index in [2.05, 4.69) is 35.8 Å². The van der Waals surface area contributed by atoms with Gasteiger partial charge in [0.15, 0.2) is 0 Å². The van der Waals surface area contributed by atoms with Crippen molar-refractivity contribution in [3.8, 4) is 0 Å². The highest BCUT2D eigenvalue weighted by atomic mass is 19.4. The highest BCUT2D eigenvalue weighted by Gasteiger charge is 2.32. The predicted octanol–water partition coefficient (Wildman–Crippen LogP) is 4.69. The Balaban J connectivity index is 1.31. The number of benzene rings is 1. The zero-order valence-electron chi connectivity index (χ0n) is 20.4. The van der Waals surface area contributed by atoms with Gasteiger partial charge in [-0.25, -0.2) is 4.98 Å². The number of rotatable bonds is 5. The van der Waals surface area contributed by atoms with Crippen molar-refractivity contribution >= 4 is 46.7 Å². The minimum Gasteiger partial charge on any atom is -0.321 e. The van der Waals surface area contributed by atoms with Crippen molar-refractivity contribution in [2.24, 2.45) is 4.99 Å². The van der Waals surface area contributed by atoms with Gasteiger partial charge in [-0.1, -0.05) is 6.07 Å². The van der Waals surface area contributed by atoms with Gasteiger partial charge < -0.3 is 15.5 Å². The molecule has 2 aliphatic rings. The second-order valence-corrected chi connectivity index (χ2v) is 8.89. The molecule has 4 aromatic rings. The molecule has 0 fully saturated rings. The lowest BCUT2D eigenvalue weighted by Gasteiger charge is -2.28. The van der Waals surface area contributed by atoms with Crippen LogP contribution in [0.5, 0.6) is 0 Å². The number of aryl methyl sites for hydroxylation is 1. The number of alkyl halides is 3. The quantitative estimate of drug-likeness (QED) is 0.341. The number of pyridine rings is 1. The van der Waals surface area contributed by atoms with E-state index in [1.807, 2.05) is 24.0 Å². The molecule has 0 atom stereocenters. The average molecular weight is 532 g/mol. The van der Waals surface area contributed by atoms with E-state index in [-0.39, 0.29) is 5.69 Å². The Morgan fingerprint density at radius 2 is 1.97 bits per heavy atom. The summed E-state index contributed by atoms with van der Waals surface area (Å²) in [6.45, 7) is 3.15. The molecule has 2 aliphatic heterocycles.